The van der Waals surface area contributed by atoms with Crippen molar-refractivity contribution in [3.8, 4) is 11.5 Å². The summed E-state index contributed by atoms with van der Waals surface area (Å²) < 4.78 is 46.3. The van der Waals surface area contributed by atoms with Gasteiger partial charge in [-0.2, -0.15) is 18.2 Å². The van der Waals surface area contributed by atoms with E-state index < -0.39 is 74.7 Å². The minimum Gasteiger partial charge on any atom is -0.503 e. The fourth-order valence-corrected chi connectivity index (χ4v) is 9.45. The van der Waals surface area contributed by atoms with Crippen molar-refractivity contribution in [1.82, 2.24) is 14.9 Å². The Labute approximate surface area is 297 Å². The lowest BCUT2D eigenvalue weighted by molar-refractivity contribution is -0.141. The third-order valence-corrected chi connectivity index (χ3v) is 13.3. The summed E-state index contributed by atoms with van der Waals surface area (Å²) in [6.07, 6.45) is -3.48. The van der Waals surface area contributed by atoms with Crippen molar-refractivity contribution in [2.75, 3.05) is 26.2 Å². The molecule has 1 saturated carbocycles. The monoisotopic (exact) mass is 842 g/mol. The van der Waals surface area contributed by atoms with Crippen LogP contribution in [0.15, 0.2) is 38.8 Å². The van der Waals surface area contributed by atoms with Gasteiger partial charge < -0.3 is 9.84 Å². The van der Waals surface area contributed by atoms with Crippen molar-refractivity contribution in [3.05, 3.63) is 55.1 Å². The number of anilines is 1. The molecule has 0 bridgehead atoms. The minimum absolute atomic E-state index is 0.00226. The molecular formula is C29H22Br2Cl3F3N4O6. The highest BCUT2D eigenvalue weighted by atomic mass is 79.9. The Morgan fingerprint density at radius 3 is 2.36 bits per heavy atom. The second kappa shape index (κ2) is 11.2. The normalized spacial score (nSPS) is 30.3. The molecule has 4 aliphatic rings. The molecule has 2 aliphatic carbocycles. The molecule has 1 aromatic carbocycles. The maximum absolute atomic E-state index is 14.2. The molecule has 1 aromatic heterocycles. The second-order valence-corrected chi connectivity index (χ2v) is 14.9. The standard InChI is InChI=1S/C29H22Br2Cl3F3N4O6/c1-39-25(45)27(33)9-13-10(18(28(27,34)26(39)46)12-8-15(47-3)21(42)20(31)19(12)30)4-5-11-17(13)24(44)41(23(11)43)40(2)22-14(32)6-7-16(38-22)29(35,36)37/h4,6-8,11,13,17-18,42H,5,9H2,1-3H3. The Hall–Kier alpha value is -2.59. The summed E-state index contributed by atoms with van der Waals surface area (Å²) in [6, 6.07) is 3.07. The molecule has 2 aromatic rings. The Balaban J connectivity index is 1.50. The number of phenolic OH excluding ortho intramolecular Hbond substituents is 1. The highest BCUT2D eigenvalue weighted by Gasteiger charge is 2.76. The smallest absolute Gasteiger partial charge is 0.433 e. The number of halogens is 8. The molecule has 2 aliphatic heterocycles. The lowest BCUT2D eigenvalue weighted by Crippen LogP contribution is -2.60. The molecule has 6 rings (SSSR count). The number of methoxy groups -OCH3 is 1. The summed E-state index contributed by atoms with van der Waals surface area (Å²) in [5.41, 5.74) is -0.547. The maximum Gasteiger partial charge on any atom is 0.433 e. The quantitative estimate of drug-likeness (QED) is 0.225. The van der Waals surface area contributed by atoms with Gasteiger partial charge in [0.25, 0.3) is 23.6 Å². The number of likely N-dealkylation sites (tertiary alicyclic amines) is 1. The Morgan fingerprint density at radius 2 is 1.74 bits per heavy atom. The molecule has 1 N–H and O–H groups in total. The van der Waals surface area contributed by atoms with Gasteiger partial charge in [-0.25, -0.2) is 4.98 Å². The van der Waals surface area contributed by atoms with Gasteiger partial charge in [-0.3, -0.25) is 29.1 Å². The molecule has 6 unspecified atom stereocenters. The largest absolute Gasteiger partial charge is 0.503 e. The van der Waals surface area contributed by atoms with Crippen molar-refractivity contribution in [1.29, 1.82) is 0 Å². The first-order valence-electron chi connectivity index (χ1n) is 13.8. The number of alkyl halides is 5. The number of hydrazine groups is 1. The van der Waals surface area contributed by atoms with Crippen LogP contribution in [0.4, 0.5) is 19.0 Å². The van der Waals surface area contributed by atoms with E-state index in [0.29, 0.717) is 22.2 Å². The first-order valence-corrected chi connectivity index (χ1v) is 16.5. The number of aromatic hydroxyl groups is 1. The summed E-state index contributed by atoms with van der Waals surface area (Å²) in [5, 5.41) is 12.0. The molecule has 3 heterocycles. The molecule has 250 valence electrons. The van der Waals surface area contributed by atoms with Crippen LogP contribution in [0.2, 0.25) is 5.02 Å². The highest BCUT2D eigenvalue weighted by molar-refractivity contribution is 9.13. The number of amides is 4. The molecule has 18 heteroatoms. The van der Waals surface area contributed by atoms with Crippen LogP contribution in [-0.2, 0) is 25.4 Å². The fourth-order valence-electron chi connectivity index (χ4n) is 7.26. The number of imide groups is 2. The number of rotatable bonds is 4. The van der Waals surface area contributed by atoms with E-state index in [-0.39, 0.29) is 38.3 Å². The molecule has 0 radical (unpaired) electrons. The minimum atomic E-state index is -4.83. The van der Waals surface area contributed by atoms with Crippen molar-refractivity contribution in [2.45, 2.75) is 34.7 Å². The summed E-state index contributed by atoms with van der Waals surface area (Å²) in [6.45, 7) is 0. The van der Waals surface area contributed by atoms with Crippen LogP contribution in [0.3, 0.4) is 0 Å². The van der Waals surface area contributed by atoms with Crippen LogP contribution in [-0.4, -0.2) is 74.6 Å². The third kappa shape index (κ3) is 4.59. The molecule has 47 heavy (non-hydrogen) atoms. The summed E-state index contributed by atoms with van der Waals surface area (Å²) >= 11 is 27.4. The van der Waals surface area contributed by atoms with E-state index in [0.717, 1.165) is 16.0 Å². The van der Waals surface area contributed by atoms with Gasteiger partial charge in [-0.15, -0.1) is 23.2 Å². The van der Waals surface area contributed by atoms with Gasteiger partial charge in [-0.05, 0) is 74.4 Å². The second-order valence-electron chi connectivity index (χ2n) is 11.7. The average molecular weight is 846 g/mol. The lowest BCUT2D eigenvalue weighted by atomic mass is 9.56. The van der Waals surface area contributed by atoms with Crippen molar-refractivity contribution in [3.63, 3.8) is 0 Å². The van der Waals surface area contributed by atoms with Gasteiger partial charge in [0, 0.05) is 24.5 Å². The van der Waals surface area contributed by atoms with Gasteiger partial charge in [0.1, 0.15) is 5.69 Å². The van der Waals surface area contributed by atoms with Crippen LogP contribution >= 0.6 is 66.7 Å². The van der Waals surface area contributed by atoms with Gasteiger partial charge in [0.05, 0.1) is 28.4 Å². The molecule has 4 amide bonds. The molecule has 3 fully saturated rings. The van der Waals surface area contributed by atoms with Crippen LogP contribution in [0.5, 0.6) is 11.5 Å². The van der Waals surface area contributed by atoms with Crippen LogP contribution in [0, 0.1) is 17.8 Å². The van der Waals surface area contributed by atoms with Crippen molar-refractivity contribution < 1.29 is 42.2 Å². The zero-order valence-electron chi connectivity index (χ0n) is 24.3. The van der Waals surface area contributed by atoms with Gasteiger partial charge in [0.15, 0.2) is 27.1 Å². The Morgan fingerprint density at radius 1 is 1.09 bits per heavy atom. The van der Waals surface area contributed by atoms with E-state index >= 15 is 0 Å². The van der Waals surface area contributed by atoms with Crippen LogP contribution in [0.1, 0.15) is 30.0 Å². The summed E-state index contributed by atoms with van der Waals surface area (Å²) in [5.74, 6) is -8.12. The van der Waals surface area contributed by atoms with E-state index in [2.05, 4.69) is 36.8 Å². The predicted octanol–water partition coefficient (Wildman–Crippen LogP) is 6.03. The number of hydrogen-bond donors (Lipinski definition) is 1. The van der Waals surface area contributed by atoms with Gasteiger partial charge in [0.2, 0.25) is 0 Å². The van der Waals surface area contributed by atoms with Gasteiger partial charge >= 0.3 is 6.18 Å². The summed E-state index contributed by atoms with van der Waals surface area (Å²) in [4.78, 5) is 55.8. The zero-order chi connectivity index (χ0) is 34.7. The molecule has 6 atom stereocenters. The Kier molecular flexibility index (Phi) is 8.19. The zero-order valence-corrected chi connectivity index (χ0v) is 29.8. The number of carbonyl (C=O) groups excluding carboxylic acids is 4. The van der Waals surface area contributed by atoms with Crippen LogP contribution in [0.25, 0.3) is 0 Å². The van der Waals surface area contributed by atoms with E-state index in [1.54, 1.807) is 6.08 Å². The van der Waals surface area contributed by atoms with E-state index in [9.17, 15) is 37.5 Å². The average Bonchev–Trinajstić information content (AvgIpc) is 3.34. The molecule has 10 nitrogen and oxygen atoms in total. The number of ether oxygens (including phenoxy) is 1. The number of benzene rings is 1. The molecule has 2 saturated heterocycles. The number of hydrogen-bond acceptors (Lipinski definition) is 8. The fraction of sp³-hybridized carbons (Fsp3) is 0.414. The van der Waals surface area contributed by atoms with E-state index in [4.69, 9.17) is 39.5 Å². The van der Waals surface area contributed by atoms with E-state index in [1.165, 1.54) is 27.3 Å². The van der Waals surface area contributed by atoms with Crippen LogP contribution < -0.4 is 9.75 Å². The number of phenols is 1. The number of aromatic nitrogens is 1. The van der Waals surface area contributed by atoms with Gasteiger partial charge in [-0.1, -0.05) is 23.3 Å². The van der Waals surface area contributed by atoms with Crippen molar-refractivity contribution >= 4 is 96.1 Å². The summed E-state index contributed by atoms with van der Waals surface area (Å²) in [7, 11) is 3.75. The number of carbonyl (C=O) groups is 4. The molecular weight excluding hydrogens is 824 g/mol. The topological polar surface area (TPSA) is 120 Å². The molecule has 0 spiro atoms. The first kappa shape index (κ1) is 34.3. The maximum atomic E-state index is 14.2. The number of fused-ring (bicyclic) bond motifs is 4. The predicted molar refractivity (Wildman–Crippen MR) is 170 cm³/mol. The van der Waals surface area contributed by atoms with E-state index in [1.807, 2.05) is 0 Å². The number of allylic oxidation sites excluding steroid dienone is 2. The van der Waals surface area contributed by atoms with Crippen molar-refractivity contribution in [2.24, 2.45) is 17.8 Å². The lowest BCUT2D eigenvalue weighted by Gasteiger charge is -2.51. The Bertz CT molecular complexity index is 1830. The first-order chi connectivity index (χ1) is 21.8. The third-order valence-electron chi connectivity index (χ3n) is 9.42. The number of nitrogens with zero attached hydrogens (tertiary/aromatic N) is 4. The highest BCUT2D eigenvalue weighted by Crippen LogP contribution is 2.66. The SMILES string of the molecule is COc1cc(C2C3=CCC4C(=O)N(N(C)c5nc(C(F)(F)F)ccc5Cl)C(=O)C4C3CC3(Cl)C(=O)N(C)C(=O)C23Cl)c(Br)c(Br)c1O. The number of pyridine rings is 1.